The van der Waals surface area contributed by atoms with Crippen LogP contribution in [0.4, 0.5) is 5.95 Å². The molecule has 1 aromatic heterocycles. The number of carbonyl (C=O) groups is 1. The van der Waals surface area contributed by atoms with Crippen molar-refractivity contribution in [1.29, 1.82) is 0 Å². The standard InChI is InChI=1S/C26H21N5O/c32-23-16-21(18-9-5-2-6-10-18)15-22-24(23)25(31-26(27-22)28-29-30-31)20-13-11-19(12-14-20)17-7-3-1-4-8-17/h1-14,21,25H,15-16H2,(H,27,28,30)/t21-,25+/m0/s1. The molecule has 2 aliphatic rings. The van der Waals surface area contributed by atoms with Gasteiger partial charge in [-0.05, 0) is 45.0 Å². The number of Topliss-reactive ketones (excluding diaryl/α,β-unsaturated/α-hetero) is 1. The number of hydrogen-bond donors (Lipinski definition) is 1. The van der Waals surface area contributed by atoms with Gasteiger partial charge >= 0.3 is 0 Å². The van der Waals surface area contributed by atoms with Crippen LogP contribution in [0.2, 0.25) is 0 Å². The van der Waals surface area contributed by atoms with Crippen molar-refractivity contribution >= 4 is 11.7 Å². The van der Waals surface area contributed by atoms with Crippen molar-refractivity contribution in [2.75, 3.05) is 5.32 Å². The molecule has 0 fully saturated rings. The van der Waals surface area contributed by atoms with Crippen LogP contribution in [0.5, 0.6) is 0 Å². The number of hydrogen-bond acceptors (Lipinski definition) is 5. The Morgan fingerprint density at radius 2 is 1.47 bits per heavy atom. The van der Waals surface area contributed by atoms with Crippen molar-refractivity contribution in [3.63, 3.8) is 0 Å². The smallest absolute Gasteiger partial charge is 0.248 e. The zero-order chi connectivity index (χ0) is 21.5. The molecule has 6 nitrogen and oxygen atoms in total. The second-order valence-corrected chi connectivity index (χ2v) is 8.29. The molecule has 156 valence electrons. The highest BCUT2D eigenvalue weighted by atomic mass is 16.1. The van der Waals surface area contributed by atoms with Gasteiger partial charge in [-0.2, -0.15) is 4.68 Å². The van der Waals surface area contributed by atoms with Crippen molar-refractivity contribution in [2.24, 2.45) is 0 Å². The summed E-state index contributed by atoms with van der Waals surface area (Å²) in [4.78, 5) is 13.4. The molecule has 2 atom stereocenters. The molecule has 0 bridgehead atoms. The van der Waals surface area contributed by atoms with Crippen LogP contribution in [-0.4, -0.2) is 26.0 Å². The fourth-order valence-electron chi connectivity index (χ4n) is 4.83. The lowest BCUT2D eigenvalue weighted by atomic mass is 9.78. The van der Waals surface area contributed by atoms with Gasteiger partial charge in [-0.25, -0.2) is 0 Å². The molecular formula is C26H21N5O. The molecule has 0 saturated heterocycles. The molecule has 1 N–H and O–H groups in total. The van der Waals surface area contributed by atoms with E-state index in [-0.39, 0.29) is 17.7 Å². The van der Waals surface area contributed by atoms with E-state index in [0.29, 0.717) is 12.4 Å². The first kappa shape index (κ1) is 18.7. The normalized spacial score (nSPS) is 19.8. The number of nitrogens with zero attached hydrogens (tertiary/aromatic N) is 4. The number of carbonyl (C=O) groups excluding carboxylic acids is 1. The fraction of sp³-hybridized carbons (Fsp3) is 0.154. The van der Waals surface area contributed by atoms with E-state index in [2.05, 4.69) is 69.4 Å². The molecule has 0 unspecified atom stereocenters. The van der Waals surface area contributed by atoms with E-state index in [1.165, 1.54) is 5.56 Å². The number of anilines is 1. The molecule has 6 rings (SSSR count). The molecule has 0 amide bonds. The molecule has 3 aromatic carbocycles. The number of nitrogens with one attached hydrogen (secondary N) is 1. The lowest BCUT2D eigenvalue weighted by Gasteiger charge is -2.34. The first-order valence-electron chi connectivity index (χ1n) is 10.8. The fourth-order valence-corrected chi connectivity index (χ4v) is 4.83. The maximum absolute atomic E-state index is 13.4. The van der Waals surface area contributed by atoms with Gasteiger partial charge in [0.25, 0.3) is 0 Å². The van der Waals surface area contributed by atoms with Crippen LogP contribution in [-0.2, 0) is 4.79 Å². The second kappa shape index (κ2) is 7.57. The Kier molecular flexibility index (Phi) is 4.42. The number of aromatic nitrogens is 4. The first-order valence-corrected chi connectivity index (χ1v) is 10.8. The van der Waals surface area contributed by atoms with Gasteiger partial charge < -0.3 is 5.32 Å². The van der Waals surface area contributed by atoms with E-state index in [4.69, 9.17) is 0 Å². The molecule has 32 heavy (non-hydrogen) atoms. The van der Waals surface area contributed by atoms with Crippen LogP contribution in [0, 0.1) is 0 Å². The Balaban J connectivity index is 1.40. The third-order valence-corrected chi connectivity index (χ3v) is 6.39. The van der Waals surface area contributed by atoms with Crippen LogP contribution in [0.3, 0.4) is 0 Å². The molecule has 2 heterocycles. The van der Waals surface area contributed by atoms with Crippen molar-refractivity contribution in [2.45, 2.75) is 24.8 Å². The summed E-state index contributed by atoms with van der Waals surface area (Å²) in [7, 11) is 0. The van der Waals surface area contributed by atoms with E-state index >= 15 is 0 Å². The third-order valence-electron chi connectivity index (χ3n) is 6.39. The highest BCUT2D eigenvalue weighted by Gasteiger charge is 2.39. The third kappa shape index (κ3) is 3.12. The van der Waals surface area contributed by atoms with E-state index < -0.39 is 0 Å². The van der Waals surface area contributed by atoms with Gasteiger partial charge in [-0.3, -0.25) is 4.79 Å². The monoisotopic (exact) mass is 419 g/mol. The SMILES string of the molecule is O=C1C[C@@H](c2ccccc2)CC2=C1[C@@H](c1ccc(-c3ccccc3)cc1)n1nnnc1N2. The predicted molar refractivity (Wildman–Crippen MR) is 122 cm³/mol. The van der Waals surface area contributed by atoms with Gasteiger partial charge in [0.05, 0.1) is 0 Å². The minimum atomic E-state index is -0.328. The van der Waals surface area contributed by atoms with E-state index in [0.717, 1.165) is 34.4 Å². The number of ketones is 1. The van der Waals surface area contributed by atoms with Crippen LogP contribution >= 0.6 is 0 Å². The summed E-state index contributed by atoms with van der Waals surface area (Å²) in [6.45, 7) is 0. The topological polar surface area (TPSA) is 72.7 Å². The zero-order valence-corrected chi connectivity index (χ0v) is 17.3. The van der Waals surface area contributed by atoms with Crippen LogP contribution in [0.25, 0.3) is 11.1 Å². The zero-order valence-electron chi connectivity index (χ0n) is 17.3. The van der Waals surface area contributed by atoms with Gasteiger partial charge in [0.1, 0.15) is 6.04 Å². The van der Waals surface area contributed by atoms with Crippen LogP contribution < -0.4 is 5.32 Å². The molecule has 1 aliphatic heterocycles. The average molecular weight is 419 g/mol. The summed E-state index contributed by atoms with van der Waals surface area (Å²) in [5.41, 5.74) is 6.17. The van der Waals surface area contributed by atoms with Crippen molar-refractivity contribution < 1.29 is 4.79 Å². The Bertz CT molecular complexity index is 1310. The van der Waals surface area contributed by atoms with Crippen LogP contribution in [0.1, 0.15) is 35.9 Å². The number of rotatable bonds is 3. The highest BCUT2D eigenvalue weighted by molar-refractivity contribution is 6.00. The highest BCUT2D eigenvalue weighted by Crippen LogP contribution is 2.43. The Morgan fingerprint density at radius 1 is 0.781 bits per heavy atom. The minimum absolute atomic E-state index is 0.144. The van der Waals surface area contributed by atoms with Gasteiger partial charge in [-0.1, -0.05) is 90.0 Å². The first-order chi connectivity index (χ1) is 15.8. The largest absolute Gasteiger partial charge is 0.326 e. The van der Waals surface area contributed by atoms with Gasteiger partial charge in [0, 0.05) is 17.7 Å². The van der Waals surface area contributed by atoms with Crippen LogP contribution in [0.15, 0.2) is 96.2 Å². The average Bonchev–Trinajstić information content (AvgIpc) is 3.32. The van der Waals surface area contributed by atoms with E-state index in [1.807, 2.05) is 36.4 Å². The molecular weight excluding hydrogens is 398 g/mol. The summed E-state index contributed by atoms with van der Waals surface area (Å²) < 4.78 is 1.72. The lowest BCUT2D eigenvalue weighted by Crippen LogP contribution is -2.33. The minimum Gasteiger partial charge on any atom is -0.326 e. The van der Waals surface area contributed by atoms with Gasteiger partial charge in [0.2, 0.25) is 5.95 Å². The van der Waals surface area contributed by atoms with Crippen molar-refractivity contribution in [1.82, 2.24) is 20.2 Å². The number of allylic oxidation sites excluding steroid dienone is 2. The van der Waals surface area contributed by atoms with Gasteiger partial charge in [0.15, 0.2) is 5.78 Å². The van der Waals surface area contributed by atoms with E-state index in [1.54, 1.807) is 4.68 Å². The van der Waals surface area contributed by atoms with E-state index in [9.17, 15) is 4.79 Å². The number of tetrazole rings is 1. The summed E-state index contributed by atoms with van der Waals surface area (Å²) in [5, 5.41) is 15.6. The molecule has 0 saturated carbocycles. The second-order valence-electron chi connectivity index (χ2n) is 8.29. The van der Waals surface area contributed by atoms with Crippen molar-refractivity contribution in [3.8, 4) is 11.1 Å². The molecule has 6 heteroatoms. The van der Waals surface area contributed by atoms with Crippen molar-refractivity contribution in [3.05, 3.63) is 107 Å². The number of benzene rings is 3. The maximum Gasteiger partial charge on any atom is 0.248 e. The lowest BCUT2D eigenvalue weighted by molar-refractivity contribution is -0.116. The summed E-state index contributed by atoms with van der Waals surface area (Å²) in [6.07, 6.45) is 1.25. The molecule has 0 radical (unpaired) electrons. The summed E-state index contributed by atoms with van der Waals surface area (Å²) in [6, 6.07) is 28.5. The molecule has 4 aromatic rings. The Morgan fingerprint density at radius 3 is 2.22 bits per heavy atom. The summed E-state index contributed by atoms with van der Waals surface area (Å²) >= 11 is 0. The predicted octanol–water partition coefficient (Wildman–Crippen LogP) is 4.76. The Labute approximate surface area is 185 Å². The van der Waals surface area contributed by atoms with Gasteiger partial charge in [-0.15, -0.1) is 0 Å². The number of fused-ring (bicyclic) bond motifs is 1. The quantitative estimate of drug-likeness (QED) is 0.519. The molecule has 0 spiro atoms. The maximum atomic E-state index is 13.4. The Hall–Kier alpha value is -4.06. The summed E-state index contributed by atoms with van der Waals surface area (Å²) in [5.74, 6) is 0.867. The molecule has 1 aliphatic carbocycles.